The van der Waals surface area contributed by atoms with Gasteiger partial charge in [0.1, 0.15) is 10.7 Å². The molecule has 0 aliphatic carbocycles. The molecule has 156 valence electrons. The van der Waals surface area contributed by atoms with E-state index in [9.17, 15) is 13.2 Å². The number of aromatic amines is 1. The number of hydrogen-bond donors (Lipinski definition) is 2. The average Bonchev–Trinajstić information content (AvgIpc) is 3.21. The lowest BCUT2D eigenvalue weighted by atomic mass is 10.1. The molecule has 2 N–H and O–H groups in total. The van der Waals surface area contributed by atoms with Crippen molar-refractivity contribution >= 4 is 32.7 Å². The number of para-hydroxylation sites is 1. The summed E-state index contributed by atoms with van der Waals surface area (Å²) in [7, 11) is -3.79. The number of pyridine rings is 1. The predicted octanol–water partition coefficient (Wildman–Crippen LogP) is 2.96. The Morgan fingerprint density at radius 2 is 1.84 bits per heavy atom. The number of H-pyrrole nitrogens is 1. The predicted molar refractivity (Wildman–Crippen MR) is 116 cm³/mol. The van der Waals surface area contributed by atoms with Crippen LogP contribution in [-0.2, 0) is 23.0 Å². The molecule has 9 heteroatoms. The zero-order chi connectivity index (χ0) is 21.4. The highest BCUT2D eigenvalue weighted by molar-refractivity contribution is 7.89. The van der Waals surface area contributed by atoms with Crippen LogP contribution in [0.5, 0.6) is 0 Å². The lowest BCUT2D eigenvalue weighted by Crippen LogP contribution is -2.36. The van der Waals surface area contributed by atoms with Gasteiger partial charge in [-0.25, -0.2) is 8.42 Å². The summed E-state index contributed by atoms with van der Waals surface area (Å²) >= 11 is 0. The molecule has 8 nitrogen and oxygen atoms in total. The molecule has 2 aromatic carbocycles. The average molecular weight is 433 g/mol. The van der Waals surface area contributed by atoms with Gasteiger partial charge in [-0.3, -0.25) is 14.9 Å². The van der Waals surface area contributed by atoms with Crippen LogP contribution in [0.15, 0.2) is 71.8 Å². The number of anilines is 1. The number of aromatic nitrogens is 3. The van der Waals surface area contributed by atoms with Gasteiger partial charge in [-0.15, -0.1) is 0 Å². The van der Waals surface area contributed by atoms with Gasteiger partial charge in [0.2, 0.25) is 10.0 Å². The van der Waals surface area contributed by atoms with E-state index in [2.05, 4.69) is 20.5 Å². The Hall–Kier alpha value is -3.56. The lowest BCUT2D eigenvalue weighted by Gasteiger charge is -2.26. The molecule has 1 aliphatic heterocycles. The zero-order valence-corrected chi connectivity index (χ0v) is 17.3. The number of nitrogens with zero attached hydrogens (tertiary/aromatic N) is 3. The fourth-order valence-electron chi connectivity index (χ4n) is 3.77. The molecule has 5 rings (SSSR count). The Kier molecular flexibility index (Phi) is 4.76. The smallest absolute Gasteiger partial charge is 0.256 e. The summed E-state index contributed by atoms with van der Waals surface area (Å²) in [4.78, 5) is 17.0. The van der Waals surface area contributed by atoms with Gasteiger partial charge in [0.15, 0.2) is 0 Å². The monoisotopic (exact) mass is 433 g/mol. The van der Waals surface area contributed by atoms with E-state index >= 15 is 0 Å². The van der Waals surface area contributed by atoms with Crippen LogP contribution >= 0.6 is 0 Å². The summed E-state index contributed by atoms with van der Waals surface area (Å²) in [5, 5.41) is 10.7. The fourth-order valence-corrected chi connectivity index (χ4v) is 5.35. The maximum absolute atomic E-state index is 13.5. The third-order valence-corrected chi connectivity index (χ3v) is 7.25. The van der Waals surface area contributed by atoms with Crippen molar-refractivity contribution in [3.05, 3.63) is 83.7 Å². The van der Waals surface area contributed by atoms with Crippen LogP contribution in [0.4, 0.5) is 5.82 Å². The molecular weight excluding hydrogens is 414 g/mol. The normalized spacial score (nSPS) is 14.3. The molecule has 4 aromatic rings. The van der Waals surface area contributed by atoms with E-state index in [0.29, 0.717) is 35.4 Å². The first-order valence-electron chi connectivity index (χ1n) is 9.80. The van der Waals surface area contributed by atoms with Crippen LogP contribution in [0.25, 0.3) is 10.9 Å². The van der Waals surface area contributed by atoms with E-state index in [1.165, 1.54) is 4.31 Å². The van der Waals surface area contributed by atoms with Crippen molar-refractivity contribution in [1.82, 2.24) is 19.5 Å². The minimum Gasteiger partial charge on any atom is -0.307 e. The molecule has 2 aromatic heterocycles. The number of carbonyl (C=O) groups excluding carboxylic acids is 1. The van der Waals surface area contributed by atoms with Gasteiger partial charge >= 0.3 is 0 Å². The first-order chi connectivity index (χ1) is 15.0. The van der Waals surface area contributed by atoms with E-state index in [-0.39, 0.29) is 17.3 Å². The third-order valence-electron chi connectivity index (χ3n) is 5.37. The highest BCUT2D eigenvalue weighted by Crippen LogP contribution is 2.30. The molecule has 0 bridgehead atoms. The molecule has 31 heavy (non-hydrogen) atoms. The molecule has 0 saturated heterocycles. The number of carbonyl (C=O) groups is 1. The molecule has 0 radical (unpaired) electrons. The Morgan fingerprint density at radius 3 is 2.68 bits per heavy atom. The van der Waals surface area contributed by atoms with Gasteiger partial charge in [0, 0.05) is 42.2 Å². The van der Waals surface area contributed by atoms with Crippen LogP contribution in [0.1, 0.15) is 21.6 Å². The summed E-state index contributed by atoms with van der Waals surface area (Å²) in [5.41, 5.74) is 2.38. The number of nitrogens with one attached hydrogen (secondary N) is 2. The highest BCUT2D eigenvalue weighted by atomic mass is 32.2. The first-order valence-corrected chi connectivity index (χ1v) is 11.2. The molecule has 1 amide bonds. The Bertz CT molecular complexity index is 1380. The lowest BCUT2D eigenvalue weighted by molar-refractivity contribution is 0.102. The standard InChI is InChI=1S/C22H19N5O3S/c28-22(16-6-2-1-3-7-16)24-21-17-14-27(13-11-18(17)25-26-21)31(29,30)19-10-4-8-15-9-5-12-23-20(15)19/h1-10,12H,11,13-14H2,(H2,24,25,26,28). The maximum Gasteiger partial charge on any atom is 0.256 e. The van der Waals surface area contributed by atoms with Gasteiger partial charge in [0.25, 0.3) is 5.91 Å². The van der Waals surface area contributed by atoms with Crippen LogP contribution in [0.3, 0.4) is 0 Å². The number of fused-ring (bicyclic) bond motifs is 2. The third kappa shape index (κ3) is 3.47. The van der Waals surface area contributed by atoms with E-state index < -0.39 is 10.0 Å². The number of amides is 1. The Labute approximate surface area is 179 Å². The van der Waals surface area contributed by atoms with E-state index in [4.69, 9.17) is 0 Å². The van der Waals surface area contributed by atoms with Gasteiger partial charge in [-0.05, 0) is 24.3 Å². The molecule has 0 atom stereocenters. The largest absolute Gasteiger partial charge is 0.307 e. The number of sulfonamides is 1. The number of rotatable bonds is 4. The molecular formula is C22H19N5O3S. The summed E-state index contributed by atoms with van der Waals surface area (Å²) < 4.78 is 28.3. The van der Waals surface area contributed by atoms with Crippen molar-refractivity contribution in [2.45, 2.75) is 17.9 Å². The Morgan fingerprint density at radius 1 is 1.03 bits per heavy atom. The van der Waals surface area contributed by atoms with Crippen LogP contribution in [-0.4, -0.2) is 40.4 Å². The molecule has 3 heterocycles. The SMILES string of the molecule is O=C(Nc1[nH]nc2c1CN(S(=O)(=O)c1cccc3cccnc13)CC2)c1ccccc1. The highest BCUT2D eigenvalue weighted by Gasteiger charge is 2.32. The topological polar surface area (TPSA) is 108 Å². The number of benzene rings is 2. The Balaban J connectivity index is 1.45. The molecule has 0 saturated carbocycles. The summed E-state index contributed by atoms with van der Waals surface area (Å²) in [5.74, 6) is 0.130. The van der Waals surface area contributed by atoms with Gasteiger partial charge in [0.05, 0.1) is 11.2 Å². The van der Waals surface area contributed by atoms with Crippen molar-refractivity contribution in [3.8, 4) is 0 Å². The summed E-state index contributed by atoms with van der Waals surface area (Å²) in [6.45, 7) is 0.414. The zero-order valence-electron chi connectivity index (χ0n) is 16.4. The minimum absolute atomic E-state index is 0.113. The van der Waals surface area contributed by atoms with Gasteiger partial charge in [-0.2, -0.15) is 9.40 Å². The molecule has 0 unspecified atom stereocenters. The molecule has 1 aliphatic rings. The second-order valence-corrected chi connectivity index (χ2v) is 9.17. The van der Waals surface area contributed by atoms with Gasteiger partial charge in [-0.1, -0.05) is 36.4 Å². The fraction of sp³-hybridized carbons (Fsp3) is 0.136. The second-order valence-electron chi connectivity index (χ2n) is 7.26. The van der Waals surface area contributed by atoms with E-state index in [1.807, 2.05) is 18.2 Å². The van der Waals surface area contributed by atoms with Crippen LogP contribution in [0, 0.1) is 0 Å². The van der Waals surface area contributed by atoms with Crippen LogP contribution < -0.4 is 5.32 Å². The molecule has 0 spiro atoms. The second kappa shape index (κ2) is 7.60. The quantitative estimate of drug-likeness (QED) is 0.514. The van der Waals surface area contributed by atoms with Crippen molar-refractivity contribution in [3.63, 3.8) is 0 Å². The van der Waals surface area contributed by atoms with E-state index in [1.54, 1.807) is 48.7 Å². The van der Waals surface area contributed by atoms with Crippen molar-refractivity contribution < 1.29 is 13.2 Å². The van der Waals surface area contributed by atoms with Crippen LogP contribution in [0.2, 0.25) is 0 Å². The van der Waals surface area contributed by atoms with Crippen molar-refractivity contribution in [2.75, 3.05) is 11.9 Å². The molecule has 0 fully saturated rings. The maximum atomic E-state index is 13.5. The number of hydrogen-bond acceptors (Lipinski definition) is 5. The summed E-state index contributed by atoms with van der Waals surface area (Å²) in [6.07, 6.45) is 2.04. The van der Waals surface area contributed by atoms with E-state index in [0.717, 1.165) is 11.1 Å². The van der Waals surface area contributed by atoms with Crippen molar-refractivity contribution in [2.24, 2.45) is 0 Å². The minimum atomic E-state index is -3.79. The van der Waals surface area contributed by atoms with Crippen molar-refractivity contribution in [1.29, 1.82) is 0 Å². The first kappa shape index (κ1) is 19.4. The van der Waals surface area contributed by atoms with Gasteiger partial charge < -0.3 is 5.32 Å². The summed E-state index contributed by atoms with van der Waals surface area (Å²) in [6, 6.07) is 17.6.